The number of thioether (sulfide) groups is 1. The Morgan fingerprint density at radius 2 is 2.07 bits per heavy atom. The fourth-order valence-electron chi connectivity index (χ4n) is 3.07. The molecule has 5 nitrogen and oxygen atoms in total. The number of amides is 1. The van der Waals surface area contributed by atoms with Crippen molar-refractivity contribution in [1.29, 1.82) is 0 Å². The van der Waals surface area contributed by atoms with Crippen LogP contribution in [0.4, 0.5) is 0 Å². The molecule has 1 aromatic carbocycles. The Hall–Kier alpha value is -2.12. The van der Waals surface area contributed by atoms with E-state index in [2.05, 4.69) is 16.0 Å². The van der Waals surface area contributed by atoms with Crippen molar-refractivity contribution in [2.24, 2.45) is 0 Å². The van der Waals surface area contributed by atoms with Crippen LogP contribution in [0.2, 0.25) is 0 Å². The molecule has 0 atom stereocenters. The molecule has 0 saturated carbocycles. The first-order valence-electron chi connectivity index (χ1n) is 9.03. The summed E-state index contributed by atoms with van der Waals surface area (Å²) in [6.07, 6.45) is 3.62. The van der Waals surface area contributed by atoms with Crippen LogP contribution in [-0.2, 0) is 4.79 Å². The summed E-state index contributed by atoms with van der Waals surface area (Å²) < 4.78 is 8.10. The number of hydrogen-bond donors (Lipinski definition) is 0. The highest BCUT2D eigenvalue weighted by Gasteiger charge is 2.24. The van der Waals surface area contributed by atoms with E-state index in [0.29, 0.717) is 5.75 Å². The van der Waals surface area contributed by atoms with E-state index in [-0.39, 0.29) is 12.0 Å². The second-order valence-electron chi connectivity index (χ2n) is 6.57. The van der Waals surface area contributed by atoms with Crippen LogP contribution in [0.15, 0.2) is 46.9 Å². The molecule has 140 valence electrons. The number of rotatable bonds is 5. The van der Waals surface area contributed by atoms with Crippen LogP contribution in [0.5, 0.6) is 5.75 Å². The summed E-state index contributed by atoms with van der Waals surface area (Å²) >= 11 is 3.17. The number of aromatic nitrogens is 2. The van der Waals surface area contributed by atoms with Crippen LogP contribution in [0.25, 0.3) is 10.2 Å². The normalized spacial score (nSPS) is 15.2. The lowest BCUT2D eigenvalue weighted by Crippen LogP contribution is -2.42. The Morgan fingerprint density at radius 1 is 1.26 bits per heavy atom. The topological polar surface area (TPSA) is 55.3 Å². The first-order valence-corrected chi connectivity index (χ1v) is 10.8. The first kappa shape index (κ1) is 18.3. The number of fused-ring (bicyclic) bond motifs is 1. The van der Waals surface area contributed by atoms with Crippen molar-refractivity contribution in [2.75, 3.05) is 18.8 Å². The van der Waals surface area contributed by atoms with Gasteiger partial charge in [-0.1, -0.05) is 23.9 Å². The zero-order valence-corrected chi connectivity index (χ0v) is 16.8. The zero-order chi connectivity index (χ0) is 18.6. The highest BCUT2D eigenvalue weighted by atomic mass is 32.2. The van der Waals surface area contributed by atoms with Crippen LogP contribution in [0, 0.1) is 6.92 Å². The molecule has 2 aromatic heterocycles. The van der Waals surface area contributed by atoms with Gasteiger partial charge in [-0.05, 0) is 31.2 Å². The van der Waals surface area contributed by atoms with Gasteiger partial charge in [-0.15, -0.1) is 11.3 Å². The van der Waals surface area contributed by atoms with Gasteiger partial charge in [0, 0.05) is 31.6 Å². The van der Waals surface area contributed by atoms with E-state index < -0.39 is 0 Å². The highest BCUT2D eigenvalue weighted by Crippen LogP contribution is 2.29. The van der Waals surface area contributed by atoms with Gasteiger partial charge in [-0.25, -0.2) is 4.98 Å². The van der Waals surface area contributed by atoms with Gasteiger partial charge in [0.1, 0.15) is 11.9 Å². The van der Waals surface area contributed by atoms with Gasteiger partial charge in [0.15, 0.2) is 4.34 Å². The molecule has 27 heavy (non-hydrogen) atoms. The van der Waals surface area contributed by atoms with E-state index in [1.807, 2.05) is 42.2 Å². The average Bonchev–Trinajstić information content (AvgIpc) is 3.11. The van der Waals surface area contributed by atoms with Crippen LogP contribution in [-0.4, -0.2) is 45.7 Å². The maximum absolute atomic E-state index is 12.5. The van der Waals surface area contributed by atoms with E-state index in [0.717, 1.165) is 51.9 Å². The van der Waals surface area contributed by atoms with Crippen molar-refractivity contribution in [3.8, 4) is 5.75 Å². The molecule has 3 aromatic rings. The number of likely N-dealkylation sites (tertiary alicyclic amines) is 1. The van der Waals surface area contributed by atoms with Gasteiger partial charge in [-0.2, -0.15) is 0 Å². The van der Waals surface area contributed by atoms with Crippen molar-refractivity contribution in [3.63, 3.8) is 0 Å². The summed E-state index contributed by atoms with van der Waals surface area (Å²) in [6, 6.07) is 12.0. The minimum atomic E-state index is 0.149. The Labute approximate surface area is 166 Å². The Balaban J connectivity index is 1.25. The standard InChI is InChI=1S/C20H21N3O2S2/c1-14-6-7-16(12-21-14)25-15-8-10-23(11-9-15)19(24)13-26-20-22-17-4-2-3-5-18(17)27-20/h2-7,12,15H,8-11,13H2,1H3. The lowest BCUT2D eigenvalue weighted by atomic mass is 10.1. The van der Waals surface area contributed by atoms with Crippen LogP contribution < -0.4 is 4.74 Å². The number of carbonyl (C=O) groups excluding carboxylic acids is 1. The minimum absolute atomic E-state index is 0.149. The van der Waals surface area contributed by atoms with Gasteiger partial charge in [0.05, 0.1) is 22.2 Å². The summed E-state index contributed by atoms with van der Waals surface area (Å²) in [5.41, 5.74) is 1.98. The summed E-state index contributed by atoms with van der Waals surface area (Å²) in [4.78, 5) is 23.3. The molecule has 0 aliphatic carbocycles. The molecule has 0 unspecified atom stereocenters. The molecular weight excluding hydrogens is 378 g/mol. The molecule has 1 aliphatic rings. The van der Waals surface area contributed by atoms with E-state index in [1.165, 1.54) is 11.8 Å². The average molecular weight is 400 g/mol. The van der Waals surface area contributed by atoms with Crippen LogP contribution in [0.1, 0.15) is 18.5 Å². The number of piperidine rings is 1. The largest absolute Gasteiger partial charge is 0.489 e. The van der Waals surface area contributed by atoms with Crippen LogP contribution in [0.3, 0.4) is 0 Å². The van der Waals surface area contributed by atoms with Crippen LogP contribution >= 0.6 is 23.1 Å². The fourth-order valence-corrected chi connectivity index (χ4v) is 5.04. The predicted octanol–water partition coefficient (Wildman–Crippen LogP) is 4.16. The molecule has 0 radical (unpaired) electrons. The lowest BCUT2D eigenvalue weighted by Gasteiger charge is -2.32. The van der Waals surface area contributed by atoms with Crippen molar-refractivity contribution in [1.82, 2.24) is 14.9 Å². The summed E-state index contributed by atoms with van der Waals surface area (Å²) in [5.74, 6) is 1.42. The first-order chi connectivity index (χ1) is 13.2. The number of para-hydroxylation sites is 1. The molecule has 1 aliphatic heterocycles. The number of pyridine rings is 1. The summed E-state index contributed by atoms with van der Waals surface area (Å²) in [7, 11) is 0. The smallest absolute Gasteiger partial charge is 0.233 e. The van der Waals surface area contributed by atoms with Gasteiger partial charge in [-0.3, -0.25) is 9.78 Å². The third kappa shape index (κ3) is 4.59. The SMILES string of the molecule is Cc1ccc(OC2CCN(C(=O)CSc3nc4ccccc4s3)CC2)cn1. The quantitative estimate of drug-likeness (QED) is 0.603. The Bertz CT molecular complexity index is 885. The number of ether oxygens (including phenoxy) is 1. The van der Waals surface area contributed by atoms with Gasteiger partial charge < -0.3 is 9.64 Å². The second-order valence-corrected chi connectivity index (χ2v) is 8.82. The van der Waals surface area contributed by atoms with Crippen molar-refractivity contribution in [3.05, 3.63) is 48.3 Å². The monoisotopic (exact) mass is 399 g/mol. The number of aryl methyl sites for hydroxylation is 1. The highest BCUT2D eigenvalue weighted by molar-refractivity contribution is 8.01. The molecule has 0 bridgehead atoms. The summed E-state index contributed by atoms with van der Waals surface area (Å²) in [5, 5.41) is 0. The van der Waals surface area contributed by atoms with E-state index in [1.54, 1.807) is 17.5 Å². The predicted molar refractivity (Wildman–Crippen MR) is 110 cm³/mol. The lowest BCUT2D eigenvalue weighted by molar-refractivity contribution is -0.130. The third-order valence-corrected chi connectivity index (χ3v) is 6.74. The number of thiazole rings is 1. The van der Waals surface area contributed by atoms with E-state index in [4.69, 9.17) is 4.74 Å². The van der Waals surface area contributed by atoms with Gasteiger partial charge in [0.25, 0.3) is 0 Å². The maximum Gasteiger partial charge on any atom is 0.233 e. The van der Waals surface area contributed by atoms with Gasteiger partial charge in [0.2, 0.25) is 5.91 Å². The Morgan fingerprint density at radius 3 is 2.81 bits per heavy atom. The van der Waals surface area contributed by atoms with Crippen molar-refractivity contribution in [2.45, 2.75) is 30.2 Å². The van der Waals surface area contributed by atoms with Crippen molar-refractivity contribution < 1.29 is 9.53 Å². The second kappa shape index (κ2) is 8.27. The number of nitrogens with zero attached hydrogens (tertiary/aromatic N) is 3. The number of hydrogen-bond acceptors (Lipinski definition) is 6. The molecular formula is C20H21N3O2S2. The third-order valence-electron chi connectivity index (χ3n) is 4.58. The van der Waals surface area contributed by atoms with E-state index >= 15 is 0 Å². The van der Waals surface area contributed by atoms with Gasteiger partial charge >= 0.3 is 0 Å². The minimum Gasteiger partial charge on any atom is -0.489 e. The Kier molecular flexibility index (Phi) is 5.59. The fraction of sp³-hybridized carbons (Fsp3) is 0.350. The maximum atomic E-state index is 12.5. The molecule has 1 fully saturated rings. The van der Waals surface area contributed by atoms with E-state index in [9.17, 15) is 4.79 Å². The zero-order valence-electron chi connectivity index (χ0n) is 15.1. The summed E-state index contributed by atoms with van der Waals surface area (Å²) in [6.45, 7) is 3.44. The number of carbonyl (C=O) groups is 1. The molecule has 1 saturated heterocycles. The molecule has 0 N–H and O–H groups in total. The molecule has 1 amide bonds. The molecule has 3 heterocycles. The number of benzene rings is 1. The molecule has 0 spiro atoms. The van der Waals surface area contributed by atoms with Crippen molar-refractivity contribution >= 4 is 39.2 Å². The molecule has 4 rings (SSSR count). The molecule has 7 heteroatoms.